The number of nitrogens with zero attached hydrogens (tertiary/aromatic N) is 1. The third kappa shape index (κ3) is 5.57. The van der Waals surface area contributed by atoms with Crippen molar-refractivity contribution < 1.29 is 9.59 Å². The van der Waals surface area contributed by atoms with Gasteiger partial charge < -0.3 is 10.6 Å². The lowest BCUT2D eigenvalue weighted by Gasteiger charge is -2.18. The first-order chi connectivity index (χ1) is 13.5. The minimum absolute atomic E-state index is 0.132. The average Bonchev–Trinajstić information content (AvgIpc) is 3.17. The largest absolute Gasteiger partial charge is 0.349 e. The van der Waals surface area contributed by atoms with Crippen LogP contribution in [0.5, 0.6) is 0 Å². The lowest BCUT2D eigenvalue weighted by Crippen LogP contribution is -2.34. The maximum absolute atomic E-state index is 12.6. The van der Waals surface area contributed by atoms with E-state index >= 15 is 0 Å². The van der Waals surface area contributed by atoms with Crippen LogP contribution in [-0.4, -0.2) is 36.3 Å². The Morgan fingerprint density at radius 3 is 2.50 bits per heavy atom. The average molecular weight is 400 g/mol. The zero-order valence-electron chi connectivity index (χ0n) is 16.1. The summed E-state index contributed by atoms with van der Waals surface area (Å²) in [5, 5.41) is 6.63. The molecule has 1 fully saturated rings. The smallest absolute Gasteiger partial charge is 0.253 e. The highest BCUT2D eigenvalue weighted by atomic mass is 35.5. The monoisotopic (exact) mass is 399 g/mol. The fraction of sp³-hybridized carbons (Fsp3) is 0.364. The van der Waals surface area contributed by atoms with Crippen LogP contribution >= 0.6 is 11.6 Å². The van der Waals surface area contributed by atoms with Crippen LogP contribution in [0.4, 0.5) is 5.69 Å². The van der Waals surface area contributed by atoms with Crippen molar-refractivity contribution in [3.63, 3.8) is 0 Å². The third-order valence-corrected chi connectivity index (χ3v) is 5.32. The quantitative estimate of drug-likeness (QED) is 0.737. The highest BCUT2D eigenvalue weighted by Crippen LogP contribution is 2.21. The summed E-state index contributed by atoms with van der Waals surface area (Å²) in [6.07, 6.45) is 4.35. The molecule has 148 valence electrons. The standard InChI is InChI=1S/C22H26ClN3O2/c1-26(14-16-8-2-6-12-19(16)23)15-21(27)25-20-13-7-5-11-18(20)22(28)24-17-9-3-4-10-17/h2,5-8,11-13,17H,3-4,9-10,14-15H2,1H3,(H,24,28)(H,25,27). The molecule has 0 spiro atoms. The molecule has 0 unspecified atom stereocenters. The van der Waals surface area contributed by atoms with Gasteiger partial charge in [-0.3, -0.25) is 14.5 Å². The van der Waals surface area contributed by atoms with Crippen molar-refractivity contribution in [2.45, 2.75) is 38.3 Å². The minimum atomic E-state index is -0.171. The molecule has 1 saturated carbocycles. The second kappa shape index (κ2) is 9.71. The zero-order valence-corrected chi connectivity index (χ0v) is 16.8. The van der Waals surface area contributed by atoms with Gasteiger partial charge in [-0.1, -0.05) is 54.8 Å². The number of likely N-dealkylation sites (N-methyl/N-ethyl adjacent to an activating group) is 1. The van der Waals surface area contributed by atoms with E-state index in [1.54, 1.807) is 12.1 Å². The molecule has 0 heterocycles. The maximum atomic E-state index is 12.6. The van der Waals surface area contributed by atoms with Crippen LogP contribution in [-0.2, 0) is 11.3 Å². The molecule has 1 aliphatic rings. The molecule has 2 aromatic rings. The number of carbonyl (C=O) groups excluding carboxylic acids is 2. The molecule has 5 nitrogen and oxygen atoms in total. The van der Waals surface area contributed by atoms with E-state index in [0.29, 0.717) is 22.8 Å². The lowest BCUT2D eigenvalue weighted by molar-refractivity contribution is -0.117. The fourth-order valence-corrected chi connectivity index (χ4v) is 3.73. The molecular weight excluding hydrogens is 374 g/mol. The summed E-state index contributed by atoms with van der Waals surface area (Å²) < 4.78 is 0. The van der Waals surface area contributed by atoms with E-state index in [-0.39, 0.29) is 24.4 Å². The summed E-state index contributed by atoms with van der Waals surface area (Å²) in [5.74, 6) is -0.303. The van der Waals surface area contributed by atoms with E-state index in [9.17, 15) is 9.59 Å². The van der Waals surface area contributed by atoms with Gasteiger partial charge in [-0.2, -0.15) is 0 Å². The molecule has 2 N–H and O–H groups in total. The topological polar surface area (TPSA) is 61.4 Å². The van der Waals surface area contributed by atoms with Gasteiger partial charge >= 0.3 is 0 Å². The Kier molecular flexibility index (Phi) is 7.06. The molecule has 0 saturated heterocycles. The summed E-state index contributed by atoms with van der Waals surface area (Å²) in [5.41, 5.74) is 2.00. The highest BCUT2D eigenvalue weighted by molar-refractivity contribution is 6.31. The number of anilines is 1. The summed E-state index contributed by atoms with van der Waals surface area (Å²) in [6.45, 7) is 0.765. The number of para-hydroxylation sites is 1. The first kappa shape index (κ1) is 20.4. The predicted octanol–water partition coefficient (Wildman–Crippen LogP) is 4.08. The number of carbonyl (C=O) groups is 2. The van der Waals surface area contributed by atoms with Crippen LogP contribution in [0.25, 0.3) is 0 Å². The number of benzene rings is 2. The second-order valence-electron chi connectivity index (χ2n) is 7.31. The van der Waals surface area contributed by atoms with Gasteiger partial charge in [-0.15, -0.1) is 0 Å². The Bertz CT molecular complexity index is 834. The predicted molar refractivity (Wildman–Crippen MR) is 113 cm³/mol. The Labute approximate surface area is 171 Å². The van der Waals surface area contributed by atoms with E-state index in [2.05, 4.69) is 10.6 Å². The van der Waals surface area contributed by atoms with Crippen LogP contribution in [0, 0.1) is 0 Å². The summed E-state index contributed by atoms with van der Waals surface area (Å²) in [7, 11) is 1.86. The molecule has 28 heavy (non-hydrogen) atoms. The number of rotatable bonds is 7. The number of nitrogens with one attached hydrogen (secondary N) is 2. The van der Waals surface area contributed by atoms with Gasteiger partial charge in [0.25, 0.3) is 5.91 Å². The van der Waals surface area contributed by atoms with Gasteiger partial charge in [0.15, 0.2) is 0 Å². The molecule has 2 amide bonds. The van der Waals surface area contributed by atoms with Crippen molar-refractivity contribution in [1.29, 1.82) is 0 Å². The summed E-state index contributed by atoms with van der Waals surface area (Å²) >= 11 is 6.19. The van der Waals surface area contributed by atoms with E-state index in [0.717, 1.165) is 31.2 Å². The Morgan fingerprint density at radius 1 is 1.07 bits per heavy atom. The molecule has 0 aromatic heterocycles. The van der Waals surface area contributed by atoms with Crippen LogP contribution in [0.15, 0.2) is 48.5 Å². The Balaban J connectivity index is 1.59. The second-order valence-corrected chi connectivity index (χ2v) is 7.72. The van der Waals surface area contributed by atoms with Gasteiger partial charge in [-0.25, -0.2) is 0 Å². The van der Waals surface area contributed by atoms with E-state index in [4.69, 9.17) is 11.6 Å². The first-order valence-electron chi connectivity index (χ1n) is 9.64. The number of halogens is 1. The molecule has 2 aromatic carbocycles. The lowest BCUT2D eigenvalue weighted by atomic mass is 10.1. The normalized spacial score (nSPS) is 14.2. The number of hydrogen-bond acceptors (Lipinski definition) is 3. The van der Waals surface area contributed by atoms with Crippen LogP contribution in [0.1, 0.15) is 41.6 Å². The minimum Gasteiger partial charge on any atom is -0.349 e. The van der Waals surface area contributed by atoms with Crippen molar-refractivity contribution in [3.05, 3.63) is 64.7 Å². The van der Waals surface area contributed by atoms with Crippen LogP contribution < -0.4 is 10.6 Å². The number of amides is 2. The van der Waals surface area contributed by atoms with Gasteiger partial charge in [0.05, 0.1) is 17.8 Å². The Morgan fingerprint density at radius 2 is 1.75 bits per heavy atom. The zero-order chi connectivity index (χ0) is 19.9. The van der Waals surface area contributed by atoms with Gasteiger partial charge in [0.2, 0.25) is 5.91 Å². The molecule has 3 rings (SSSR count). The first-order valence-corrected chi connectivity index (χ1v) is 10.0. The van der Waals surface area contributed by atoms with E-state index in [1.165, 1.54) is 0 Å². The van der Waals surface area contributed by atoms with Gasteiger partial charge in [-0.05, 0) is 43.7 Å². The summed E-state index contributed by atoms with van der Waals surface area (Å²) in [4.78, 5) is 27.0. The van der Waals surface area contributed by atoms with Crippen molar-refractivity contribution in [3.8, 4) is 0 Å². The van der Waals surface area contributed by atoms with Crippen LogP contribution in [0.2, 0.25) is 5.02 Å². The molecule has 0 bridgehead atoms. The van der Waals surface area contributed by atoms with Crippen molar-refractivity contribution in [2.75, 3.05) is 18.9 Å². The Hall–Kier alpha value is -2.37. The summed E-state index contributed by atoms with van der Waals surface area (Å²) in [6, 6.07) is 14.9. The van der Waals surface area contributed by atoms with E-state index in [1.807, 2.05) is 48.3 Å². The molecule has 1 aliphatic carbocycles. The SMILES string of the molecule is CN(CC(=O)Nc1ccccc1C(=O)NC1CCCC1)Cc1ccccc1Cl. The molecular formula is C22H26ClN3O2. The number of hydrogen-bond donors (Lipinski definition) is 2. The molecule has 0 aliphatic heterocycles. The van der Waals surface area contributed by atoms with Crippen molar-refractivity contribution >= 4 is 29.1 Å². The molecule has 0 atom stereocenters. The van der Waals surface area contributed by atoms with Gasteiger partial charge in [0, 0.05) is 17.6 Å². The molecule has 0 radical (unpaired) electrons. The van der Waals surface area contributed by atoms with Crippen molar-refractivity contribution in [2.24, 2.45) is 0 Å². The molecule has 6 heteroatoms. The van der Waals surface area contributed by atoms with Crippen molar-refractivity contribution in [1.82, 2.24) is 10.2 Å². The fourth-order valence-electron chi connectivity index (χ4n) is 3.53. The van der Waals surface area contributed by atoms with Crippen LogP contribution in [0.3, 0.4) is 0 Å². The van der Waals surface area contributed by atoms with E-state index < -0.39 is 0 Å². The maximum Gasteiger partial charge on any atom is 0.253 e. The third-order valence-electron chi connectivity index (χ3n) is 4.95. The van der Waals surface area contributed by atoms with Gasteiger partial charge in [0.1, 0.15) is 0 Å². The highest BCUT2D eigenvalue weighted by Gasteiger charge is 2.20.